The Balaban J connectivity index is 2.04. The standard InChI is InChI=1S/C17H21NO2S/c1-11-5-6-12(2)14(9-11)17(19)18-10-15(20-4)16-8-7-13(3)21-16/h5-9,15H,10H2,1-4H3,(H,18,19). The fraction of sp³-hybridized carbons (Fsp3) is 0.353. The van der Waals surface area contributed by atoms with Gasteiger partial charge in [-0.1, -0.05) is 17.7 Å². The minimum absolute atomic E-state index is 0.0495. The van der Waals surface area contributed by atoms with Gasteiger partial charge in [-0.15, -0.1) is 11.3 Å². The molecule has 1 unspecified atom stereocenters. The first kappa shape index (κ1) is 15.7. The highest BCUT2D eigenvalue weighted by Crippen LogP contribution is 2.24. The van der Waals surface area contributed by atoms with E-state index in [1.165, 1.54) is 4.88 Å². The molecule has 1 amide bonds. The largest absolute Gasteiger partial charge is 0.374 e. The Labute approximate surface area is 130 Å². The zero-order chi connectivity index (χ0) is 15.4. The maximum Gasteiger partial charge on any atom is 0.251 e. The molecule has 0 bridgehead atoms. The number of hydrogen-bond acceptors (Lipinski definition) is 3. The normalized spacial score (nSPS) is 12.2. The summed E-state index contributed by atoms with van der Waals surface area (Å²) in [6, 6.07) is 10.0. The Kier molecular flexibility index (Phi) is 5.15. The second-order valence-electron chi connectivity index (χ2n) is 5.20. The highest BCUT2D eigenvalue weighted by Gasteiger charge is 2.15. The summed E-state index contributed by atoms with van der Waals surface area (Å²) in [4.78, 5) is 14.7. The summed E-state index contributed by atoms with van der Waals surface area (Å²) in [6.07, 6.45) is -0.0993. The average molecular weight is 303 g/mol. The number of hydrogen-bond donors (Lipinski definition) is 1. The maximum atomic E-state index is 12.3. The predicted molar refractivity (Wildman–Crippen MR) is 87.1 cm³/mol. The molecule has 3 nitrogen and oxygen atoms in total. The number of carbonyl (C=O) groups is 1. The fourth-order valence-corrected chi connectivity index (χ4v) is 3.14. The quantitative estimate of drug-likeness (QED) is 0.912. The van der Waals surface area contributed by atoms with Gasteiger partial charge in [-0.3, -0.25) is 4.79 Å². The van der Waals surface area contributed by atoms with Crippen molar-refractivity contribution < 1.29 is 9.53 Å². The van der Waals surface area contributed by atoms with E-state index in [4.69, 9.17) is 4.74 Å². The summed E-state index contributed by atoms with van der Waals surface area (Å²) in [5.41, 5.74) is 2.80. The molecule has 0 fully saturated rings. The predicted octanol–water partition coefficient (Wildman–Crippen LogP) is 3.79. The van der Waals surface area contributed by atoms with Crippen molar-refractivity contribution in [3.05, 3.63) is 56.8 Å². The van der Waals surface area contributed by atoms with E-state index in [-0.39, 0.29) is 12.0 Å². The lowest BCUT2D eigenvalue weighted by Gasteiger charge is -2.15. The van der Waals surface area contributed by atoms with Crippen molar-refractivity contribution in [2.75, 3.05) is 13.7 Å². The van der Waals surface area contributed by atoms with Crippen LogP contribution in [0.25, 0.3) is 0 Å². The Hall–Kier alpha value is -1.65. The number of ether oxygens (including phenoxy) is 1. The van der Waals surface area contributed by atoms with Crippen LogP contribution in [0.1, 0.15) is 37.3 Å². The van der Waals surface area contributed by atoms with Crippen molar-refractivity contribution in [1.29, 1.82) is 0 Å². The lowest BCUT2D eigenvalue weighted by atomic mass is 10.1. The van der Waals surface area contributed by atoms with Gasteiger partial charge in [0.25, 0.3) is 5.91 Å². The van der Waals surface area contributed by atoms with E-state index >= 15 is 0 Å². The molecule has 1 aromatic heterocycles. The zero-order valence-corrected chi connectivity index (χ0v) is 13.7. The van der Waals surface area contributed by atoms with E-state index in [0.717, 1.165) is 21.6 Å². The van der Waals surface area contributed by atoms with Gasteiger partial charge >= 0.3 is 0 Å². The lowest BCUT2D eigenvalue weighted by Crippen LogP contribution is -2.29. The van der Waals surface area contributed by atoms with E-state index < -0.39 is 0 Å². The third-order valence-corrected chi connectivity index (χ3v) is 4.54. The van der Waals surface area contributed by atoms with Crippen molar-refractivity contribution in [3.8, 4) is 0 Å². The number of methoxy groups -OCH3 is 1. The molecule has 2 rings (SSSR count). The van der Waals surface area contributed by atoms with Gasteiger partial charge in [0.15, 0.2) is 0 Å². The van der Waals surface area contributed by atoms with Crippen molar-refractivity contribution in [1.82, 2.24) is 5.32 Å². The van der Waals surface area contributed by atoms with E-state index in [2.05, 4.69) is 24.4 Å². The van der Waals surface area contributed by atoms with Gasteiger partial charge in [0, 0.05) is 29.0 Å². The summed E-state index contributed by atoms with van der Waals surface area (Å²) in [5, 5.41) is 2.97. The van der Waals surface area contributed by atoms with Crippen LogP contribution in [-0.4, -0.2) is 19.6 Å². The van der Waals surface area contributed by atoms with Gasteiger partial charge in [-0.05, 0) is 44.5 Å². The van der Waals surface area contributed by atoms with E-state index in [1.54, 1.807) is 18.4 Å². The van der Waals surface area contributed by atoms with Crippen molar-refractivity contribution in [3.63, 3.8) is 0 Å². The fourth-order valence-electron chi connectivity index (χ4n) is 2.19. The van der Waals surface area contributed by atoms with Gasteiger partial charge in [0.1, 0.15) is 6.10 Å². The number of thiophene rings is 1. The SMILES string of the molecule is COC(CNC(=O)c1cc(C)ccc1C)c1ccc(C)s1. The van der Waals surface area contributed by atoms with Crippen molar-refractivity contribution in [2.24, 2.45) is 0 Å². The van der Waals surface area contributed by atoms with E-state index in [1.807, 2.05) is 32.0 Å². The molecule has 0 spiro atoms. The van der Waals surface area contributed by atoms with Gasteiger partial charge in [-0.2, -0.15) is 0 Å². The van der Waals surface area contributed by atoms with Crippen LogP contribution in [0, 0.1) is 20.8 Å². The van der Waals surface area contributed by atoms with E-state index in [0.29, 0.717) is 6.54 Å². The second kappa shape index (κ2) is 6.87. The molecule has 21 heavy (non-hydrogen) atoms. The third kappa shape index (κ3) is 3.93. The van der Waals surface area contributed by atoms with Gasteiger partial charge in [-0.25, -0.2) is 0 Å². The summed E-state index contributed by atoms with van der Waals surface area (Å²) < 4.78 is 5.49. The molecule has 0 radical (unpaired) electrons. The molecule has 0 aliphatic rings. The monoisotopic (exact) mass is 303 g/mol. The van der Waals surface area contributed by atoms with E-state index in [9.17, 15) is 4.79 Å². The van der Waals surface area contributed by atoms with Crippen LogP contribution in [0.2, 0.25) is 0 Å². The molecule has 4 heteroatoms. The van der Waals surface area contributed by atoms with Crippen LogP contribution in [0.15, 0.2) is 30.3 Å². The van der Waals surface area contributed by atoms with Gasteiger partial charge in [0.05, 0.1) is 0 Å². The van der Waals surface area contributed by atoms with Gasteiger partial charge < -0.3 is 10.1 Å². The molecule has 0 saturated heterocycles. The third-order valence-electron chi connectivity index (χ3n) is 3.45. The molecule has 2 aromatic rings. The molecular formula is C17H21NO2S. The van der Waals surface area contributed by atoms with Crippen LogP contribution in [0.5, 0.6) is 0 Å². The van der Waals surface area contributed by atoms with Crippen molar-refractivity contribution >= 4 is 17.2 Å². The Morgan fingerprint density at radius 2 is 2.00 bits per heavy atom. The Bertz CT molecular complexity index is 633. The number of benzene rings is 1. The number of nitrogens with one attached hydrogen (secondary N) is 1. The summed E-state index contributed by atoms with van der Waals surface area (Å²) in [5.74, 6) is -0.0495. The topological polar surface area (TPSA) is 38.3 Å². The highest BCUT2D eigenvalue weighted by molar-refractivity contribution is 7.12. The molecule has 1 heterocycles. The maximum absolute atomic E-state index is 12.3. The highest BCUT2D eigenvalue weighted by atomic mass is 32.1. The average Bonchev–Trinajstić information content (AvgIpc) is 2.88. The van der Waals surface area contributed by atoms with Crippen molar-refractivity contribution in [2.45, 2.75) is 26.9 Å². The first-order valence-electron chi connectivity index (χ1n) is 6.96. The first-order chi connectivity index (χ1) is 10.0. The Morgan fingerprint density at radius 1 is 1.24 bits per heavy atom. The summed E-state index contributed by atoms with van der Waals surface area (Å²) >= 11 is 1.70. The number of aryl methyl sites for hydroxylation is 3. The molecule has 0 aliphatic carbocycles. The number of amides is 1. The number of carbonyl (C=O) groups excluding carboxylic acids is 1. The van der Waals surface area contributed by atoms with Crippen LogP contribution in [-0.2, 0) is 4.74 Å². The molecular weight excluding hydrogens is 282 g/mol. The molecule has 112 valence electrons. The van der Waals surface area contributed by atoms with Crippen LogP contribution < -0.4 is 5.32 Å². The molecule has 1 N–H and O–H groups in total. The van der Waals surface area contributed by atoms with Crippen LogP contribution in [0.3, 0.4) is 0 Å². The minimum atomic E-state index is -0.0993. The van der Waals surface area contributed by atoms with Crippen LogP contribution >= 0.6 is 11.3 Å². The Morgan fingerprint density at radius 3 is 2.62 bits per heavy atom. The van der Waals surface area contributed by atoms with Gasteiger partial charge in [0.2, 0.25) is 0 Å². The zero-order valence-electron chi connectivity index (χ0n) is 12.9. The van der Waals surface area contributed by atoms with Crippen LogP contribution in [0.4, 0.5) is 0 Å². The molecule has 1 atom stereocenters. The second-order valence-corrected chi connectivity index (χ2v) is 6.52. The molecule has 1 aromatic carbocycles. The first-order valence-corrected chi connectivity index (χ1v) is 7.77. The summed E-state index contributed by atoms with van der Waals surface area (Å²) in [7, 11) is 1.67. The summed E-state index contributed by atoms with van der Waals surface area (Å²) in [6.45, 7) is 6.48. The lowest BCUT2D eigenvalue weighted by molar-refractivity contribution is 0.0837. The minimum Gasteiger partial charge on any atom is -0.374 e. The molecule has 0 aliphatic heterocycles. The smallest absolute Gasteiger partial charge is 0.251 e. The number of rotatable bonds is 5. The molecule has 0 saturated carbocycles.